The molecule has 1 fully saturated rings. The zero-order valence-corrected chi connectivity index (χ0v) is 12.7. The summed E-state index contributed by atoms with van der Waals surface area (Å²) in [4.78, 5) is 12.2. The molecule has 0 radical (unpaired) electrons. The lowest BCUT2D eigenvalue weighted by Crippen LogP contribution is -2.30. The lowest BCUT2D eigenvalue weighted by Gasteiger charge is -2.32. The summed E-state index contributed by atoms with van der Waals surface area (Å²) >= 11 is 0. The molecule has 0 spiro atoms. The van der Waals surface area contributed by atoms with Gasteiger partial charge in [0.25, 0.3) is 0 Å². The molecule has 0 aliphatic carbocycles. The Balaban J connectivity index is 2.06. The maximum absolute atomic E-state index is 12.2. The van der Waals surface area contributed by atoms with Crippen molar-refractivity contribution in [1.82, 2.24) is 0 Å². The minimum atomic E-state index is -0.301. The molecule has 0 amide bonds. The first-order valence-electron chi connectivity index (χ1n) is 7.26. The molecule has 108 valence electrons. The van der Waals surface area contributed by atoms with Gasteiger partial charge in [-0.2, -0.15) is 0 Å². The number of rotatable bonds is 3. The van der Waals surface area contributed by atoms with Crippen molar-refractivity contribution < 1.29 is 9.53 Å². The number of ether oxygens (including phenoxy) is 1. The first-order chi connectivity index (χ1) is 9.36. The van der Waals surface area contributed by atoms with Crippen LogP contribution in [0.2, 0.25) is 0 Å². The Bertz CT molecular complexity index is 482. The molecule has 2 atom stereocenters. The number of Topliss-reactive ketones (excluding diaryl/α,β-unsaturated/α-hetero) is 1. The molecule has 1 aromatic carbocycles. The van der Waals surface area contributed by atoms with Crippen molar-refractivity contribution in [3.63, 3.8) is 0 Å². The van der Waals surface area contributed by atoms with Gasteiger partial charge in [-0.1, -0.05) is 63.3 Å². The van der Waals surface area contributed by atoms with Crippen molar-refractivity contribution in [3.8, 4) is 0 Å². The zero-order chi connectivity index (χ0) is 14.8. The fraction of sp³-hybridized carbons (Fsp3) is 0.500. The minimum absolute atomic E-state index is 0.0341. The molecule has 1 saturated heterocycles. The second-order valence-electron chi connectivity index (χ2n) is 6.69. The first-order valence-corrected chi connectivity index (χ1v) is 7.26. The Hall–Kier alpha value is -1.41. The molecule has 0 saturated carbocycles. The van der Waals surface area contributed by atoms with Crippen molar-refractivity contribution in [2.24, 2.45) is 5.41 Å². The summed E-state index contributed by atoms with van der Waals surface area (Å²) in [5.41, 5.74) is 2.04. The highest BCUT2D eigenvalue weighted by molar-refractivity contribution is 5.84. The summed E-state index contributed by atoms with van der Waals surface area (Å²) in [7, 11) is 0. The van der Waals surface area contributed by atoms with Crippen LogP contribution in [0.5, 0.6) is 0 Å². The van der Waals surface area contributed by atoms with Crippen LogP contribution in [0.25, 0.3) is 0 Å². The fourth-order valence-corrected chi connectivity index (χ4v) is 2.49. The van der Waals surface area contributed by atoms with E-state index >= 15 is 0 Å². The number of carbonyl (C=O) groups excluding carboxylic acids is 1. The highest BCUT2D eigenvalue weighted by atomic mass is 16.5. The van der Waals surface area contributed by atoms with E-state index in [1.807, 2.05) is 39.0 Å². The van der Waals surface area contributed by atoms with Crippen molar-refractivity contribution in [3.05, 3.63) is 48.0 Å². The Morgan fingerprint density at radius 2 is 1.90 bits per heavy atom. The normalized spacial score (nSPS) is 23.6. The summed E-state index contributed by atoms with van der Waals surface area (Å²) in [5.74, 6) is 0.254. The molecule has 1 aliphatic heterocycles. The van der Waals surface area contributed by atoms with E-state index in [0.29, 0.717) is 6.42 Å². The van der Waals surface area contributed by atoms with Gasteiger partial charge in [0.05, 0.1) is 12.2 Å². The molecular formula is C18H24O2. The SMILES string of the molecule is C=C1C[C@@H](CC(=O)C(C)(C)C)O[C@@H](c2ccccc2)C1. The Kier molecular flexibility index (Phi) is 4.44. The number of hydrogen-bond donors (Lipinski definition) is 0. The van der Waals surface area contributed by atoms with Crippen LogP contribution >= 0.6 is 0 Å². The summed E-state index contributed by atoms with van der Waals surface area (Å²) in [5, 5.41) is 0. The van der Waals surface area contributed by atoms with Gasteiger partial charge in [-0.15, -0.1) is 0 Å². The van der Waals surface area contributed by atoms with Crippen LogP contribution in [0.3, 0.4) is 0 Å². The predicted octanol–water partition coefficient (Wildman–Crippen LogP) is 4.47. The summed E-state index contributed by atoms with van der Waals surface area (Å²) in [6.07, 6.45) is 2.13. The molecule has 2 nitrogen and oxygen atoms in total. The Labute approximate surface area is 121 Å². The van der Waals surface area contributed by atoms with E-state index in [-0.39, 0.29) is 23.4 Å². The number of hydrogen-bond acceptors (Lipinski definition) is 2. The quantitative estimate of drug-likeness (QED) is 0.759. The number of benzene rings is 1. The molecule has 2 rings (SSSR count). The molecular weight excluding hydrogens is 248 g/mol. The van der Waals surface area contributed by atoms with Crippen molar-refractivity contribution in [1.29, 1.82) is 0 Å². The Morgan fingerprint density at radius 1 is 1.25 bits per heavy atom. The third kappa shape index (κ3) is 3.80. The van der Waals surface area contributed by atoms with Gasteiger partial charge >= 0.3 is 0 Å². The molecule has 1 aliphatic rings. The van der Waals surface area contributed by atoms with Gasteiger partial charge in [-0.05, 0) is 18.4 Å². The first kappa shape index (κ1) is 15.0. The summed E-state index contributed by atoms with van der Waals surface area (Å²) in [6.45, 7) is 10.00. The molecule has 0 bridgehead atoms. The van der Waals surface area contributed by atoms with E-state index in [4.69, 9.17) is 4.74 Å². The molecule has 0 unspecified atom stereocenters. The topological polar surface area (TPSA) is 26.3 Å². The maximum atomic E-state index is 12.2. The maximum Gasteiger partial charge on any atom is 0.140 e. The van der Waals surface area contributed by atoms with Gasteiger partial charge in [0.15, 0.2) is 0 Å². The highest BCUT2D eigenvalue weighted by Gasteiger charge is 2.30. The van der Waals surface area contributed by atoms with Gasteiger partial charge in [0, 0.05) is 11.8 Å². The highest BCUT2D eigenvalue weighted by Crippen LogP contribution is 2.35. The van der Waals surface area contributed by atoms with Gasteiger partial charge in [-0.25, -0.2) is 0 Å². The molecule has 0 N–H and O–H groups in total. The average Bonchev–Trinajstić information content (AvgIpc) is 2.38. The number of carbonyl (C=O) groups is 1. The van der Waals surface area contributed by atoms with E-state index in [1.54, 1.807) is 0 Å². The van der Waals surface area contributed by atoms with Crippen LogP contribution in [0.4, 0.5) is 0 Å². The monoisotopic (exact) mass is 272 g/mol. The summed E-state index contributed by atoms with van der Waals surface area (Å²) < 4.78 is 6.13. The molecule has 2 heteroatoms. The molecule has 1 aromatic rings. The van der Waals surface area contributed by atoms with Crippen LogP contribution in [0, 0.1) is 5.41 Å². The molecule has 20 heavy (non-hydrogen) atoms. The smallest absolute Gasteiger partial charge is 0.140 e. The van der Waals surface area contributed by atoms with E-state index in [2.05, 4.69) is 18.7 Å². The van der Waals surface area contributed by atoms with Crippen LogP contribution in [-0.4, -0.2) is 11.9 Å². The fourth-order valence-electron chi connectivity index (χ4n) is 2.49. The van der Waals surface area contributed by atoms with Gasteiger partial charge < -0.3 is 4.74 Å². The van der Waals surface area contributed by atoms with E-state index in [0.717, 1.165) is 12.8 Å². The van der Waals surface area contributed by atoms with Gasteiger partial charge in [0.1, 0.15) is 5.78 Å². The third-order valence-corrected chi connectivity index (χ3v) is 3.77. The van der Waals surface area contributed by atoms with E-state index in [1.165, 1.54) is 11.1 Å². The largest absolute Gasteiger partial charge is 0.369 e. The van der Waals surface area contributed by atoms with E-state index in [9.17, 15) is 4.79 Å². The van der Waals surface area contributed by atoms with Crippen LogP contribution in [0.1, 0.15) is 51.7 Å². The van der Waals surface area contributed by atoms with Gasteiger partial charge in [0.2, 0.25) is 0 Å². The average molecular weight is 272 g/mol. The summed E-state index contributed by atoms with van der Waals surface area (Å²) in [6, 6.07) is 10.2. The minimum Gasteiger partial charge on any atom is -0.369 e. The van der Waals surface area contributed by atoms with Crippen LogP contribution in [0.15, 0.2) is 42.5 Å². The van der Waals surface area contributed by atoms with Crippen molar-refractivity contribution >= 4 is 5.78 Å². The standard InChI is InChI=1S/C18H24O2/c1-13-10-15(12-17(19)18(2,3)4)20-16(11-13)14-8-6-5-7-9-14/h5-9,15-16H,1,10-12H2,2-4H3/t15-,16+/m0/s1. The zero-order valence-electron chi connectivity index (χ0n) is 12.7. The second-order valence-corrected chi connectivity index (χ2v) is 6.69. The van der Waals surface area contributed by atoms with E-state index < -0.39 is 0 Å². The lowest BCUT2D eigenvalue weighted by molar-refractivity contribution is -0.131. The molecule has 0 aromatic heterocycles. The van der Waals surface area contributed by atoms with Crippen molar-refractivity contribution in [2.45, 2.75) is 52.2 Å². The predicted molar refractivity (Wildman–Crippen MR) is 81.5 cm³/mol. The second kappa shape index (κ2) is 5.92. The van der Waals surface area contributed by atoms with Gasteiger partial charge in [-0.3, -0.25) is 4.79 Å². The molecule has 1 heterocycles. The number of ketones is 1. The van der Waals surface area contributed by atoms with Crippen LogP contribution < -0.4 is 0 Å². The third-order valence-electron chi connectivity index (χ3n) is 3.77. The lowest BCUT2D eigenvalue weighted by atomic mass is 9.85. The Morgan fingerprint density at radius 3 is 2.50 bits per heavy atom. The van der Waals surface area contributed by atoms with Crippen LogP contribution in [-0.2, 0) is 9.53 Å². The van der Waals surface area contributed by atoms with Crippen molar-refractivity contribution in [2.75, 3.05) is 0 Å².